The van der Waals surface area contributed by atoms with E-state index in [4.69, 9.17) is 27.9 Å². The fraction of sp³-hybridized carbons (Fsp3) is 0.500. The van der Waals surface area contributed by atoms with E-state index in [2.05, 4.69) is 5.32 Å². The standard InChI is InChI=1S/C14H18Cl2N2O2.ClH/c1-18(2)14(19)10-8-17-5-6-20-13(10)9-3-4-11(15)12(16)7-9;/h3-4,7,10,13,17H,5-6,8H2,1-2H3;1H/t10-,13+;/m1./s1. The molecule has 0 saturated carbocycles. The van der Waals surface area contributed by atoms with Gasteiger partial charge < -0.3 is 15.0 Å². The quantitative estimate of drug-likeness (QED) is 0.889. The lowest BCUT2D eigenvalue weighted by Gasteiger charge is -2.27. The first-order valence-corrected chi connectivity index (χ1v) is 7.24. The molecule has 1 aromatic rings. The van der Waals surface area contributed by atoms with Crippen molar-refractivity contribution in [1.82, 2.24) is 10.2 Å². The van der Waals surface area contributed by atoms with Crippen LogP contribution in [-0.2, 0) is 9.53 Å². The van der Waals surface area contributed by atoms with E-state index >= 15 is 0 Å². The zero-order valence-electron chi connectivity index (χ0n) is 11.9. The minimum atomic E-state index is -0.310. The van der Waals surface area contributed by atoms with Crippen LogP contribution in [0, 0.1) is 5.92 Å². The van der Waals surface area contributed by atoms with Crippen molar-refractivity contribution in [3.8, 4) is 0 Å². The van der Waals surface area contributed by atoms with Crippen LogP contribution in [0.1, 0.15) is 11.7 Å². The molecule has 1 heterocycles. The molecule has 2 atom stereocenters. The summed E-state index contributed by atoms with van der Waals surface area (Å²) in [6, 6.07) is 5.37. The topological polar surface area (TPSA) is 41.6 Å². The summed E-state index contributed by atoms with van der Waals surface area (Å²) in [6.45, 7) is 1.87. The molecule has 7 heteroatoms. The predicted octanol–water partition coefficient (Wildman–Crippen LogP) is 2.78. The van der Waals surface area contributed by atoms with Gasteiger partial charge in [0.1, 0.15) is 0 Å². The van der Waals surface area contributed by atoms with Crippen molar-refractivity contribution in [2.45, 2.75) is 6.10 Å². The average Bonchev–Trinajstić information content (AvgIpc) is 2.66. The zero-order chi connectivity index (χ0) is 14.7. The van der Waals surface area contributed by atoms with E-state index in [1.165, 1.54) is 0 Å². The number of nitrogens with zero attached hydrogens (tertiary/aromatic N) is 1. The highest BCUT2D eigenvalue weighted by Gasteiger charge is 2.33. The summed E-state index contributed by atoms with van der Waals surface area (Å²) < 4.78 is 5.86. The third-order valence-electron chi connectivity index (χ3n) is 3.34. The van der Waals surface area contributed by atoms with Gasteiger partial charge in [0.2, 0.25) is 5.91 Å². The van der Waals surface area contributed by atoms with Crippen molar-refractivity contribution in [3.63, 3.8) is 0 Å². The molecule has 2 rings (SSSR count). The SMILES string of the molecule is CN(C)C(=O)[C@@H]1CNCCO[C@H]1c1ccc(Cl)c(Cl)c1.Cl. The molecule has 0 aromatic heterocycles. The molecule has 21 heavy (non-hydrogen) atoms. The van der Waals surface area contributed by atoms with Gasteiger partial charge in [-0.25, -0.2) is 0 Å². The number of rotatable bonds is 2. The van der Waals surface area contributed by atoms with Crippen LogP contribution >= 0.6 is 35.6 Å². The van der Waals surface area contributed by atoms with Crippen LogP contribution in [0.2, 0.25) is 10.0 Å². The molecular formula is C14H19Cl3N2O2. The fourth-order valence-corrected chi connectivity index (χ4v) is 2.61. The van der Waals surface area contributed by atoms with Crippen LogP contribution in [-0.4, -0.2) is 44.6 Å². The van der Waals surface area contributed by atoms with E-state index in [0.717, 1.165) is 12.1 Å². The first-order chi connectivity index (χ1) is 9.50. The summed E-state index contributed by atoms with van der Waals surface area (Å²) in [7, 11) is 3.50. The van der Waals surface area contributed by atoms with Crippen molar-refractivity contribution in [3.05, 3.63) is 33.8 Å². The number of hydrogen-bond acceptors (Lipinski definition) is 3. The highest BCUT2D eigenvalue weighted by molar-refractivity contribution is 6.42. The maximum atomic E-state index is 12.3. The summed E-state index contributed by atoms with van der Waals surface area (Å²) in [4.78, 5) is 13.9. The molecule has 118 valence electrons. The third kappa shape index (κ3) is 4.47. The van der Waals surface area contributed by atoms with Gasteiger partial charge in [0.05, 0.1) is 28.7 Å². The van der Waals surface area contributed by atoms with Gasteiger partial charge in [-0.2, -0.15) is 0 Å². The van der Waals surface area contributed by atoms with Crippen LogP contribution in [0.5, 0.6) is 0 Å². The Bertz CT molecular complexity index is 497. The van der Waals surface area contributed by atoms with Crippen molar-refractivity contribution in [1.29, 1.82) is 0 Å². The molecule has 1 aliphatic heterocycles. The van der Waals surface area contributed by atoms with E-state index in [1.54, 1.807) is 31.1 Å². The lowest BCUT2D eigenvalue weighted by Crippen LogP contribution is -2.38. The Morgan fingerprint density at radius 1 is 1.33 bits per heavy atom. The Morgan fingerprint density at radius 3 is 2.67 bits per heavy atom. The molecule has 1 aromatic carbocycles. The molecule has 0 bridgehead atoms. The average molecular weight is 354 g/mol. The van der Waals surface area contributed by atoms with Gasteiger partial charge in [0.15, 0.2) is 0 Å². The monoisotopic (exact) mass is 352 g/mol. The molecule has 1 saturated heterocycles. The summed E-state index contributed by atoms with van der Waals surface area (Å²) >= 11 is 12.0. The maximum Gasteiger partial charge on any atom is 0.229 e. The summed E-state index contributed by atoms with van der Waals surface area (Å²) in [6.07, 6.45) is -0.310. The second-order valence-corrected chi connectivity index (χ2v) is 5.82. The number of halogens is 3. The number of ether oxygens (including phenoxy) is 1. The lowest BCUT2D eigenvalue weighted by molar-refractivity contribution is -0.137. The van der Waals surface area contributed by atoms with Crippen molar-refractivity contribution in [2.24, 2.45) is 5.92 Å². The summed E-state index contributed by atoms with van der Waals surface area (Å²) in [5.74, 6) is -0.236. The van der Waals surface area contributed by atoms with E-state index in [0.29, 0.717) is 23.2 Å². The van der Waals surface area contributed by atoms with E-state index in [9.17, 15) is 4.79 Å². The van der Waals surface area contributed by atoms with E-state index in [1.807, 2.05) is 6.07 Å². The predicted molar refractivity (Wildman–Crippen MR) is 87.5 cm³/mol. The number of amides is 1. The van der Waals surface area contributed by atoms with E-state index < -0.39 is 0 Å². The molecule has 1 amide bonds. The Hall–Kier alpha value is -0.520. The third-order valence-corrected chi connectivity index (χ3v) is 4.08. The summed E-state index contributed by atoms with van der Waals surface area (Å²) in [5, 5.41) is 4.20. The Morgan fingerprint density at radius 2 is 2.05 bits per heavy atom. The van der Waals surface area contributed by atoms with Gasteiger partial charge in [0.25, 0.3) is 0 Å². The minimum absolute atomic E-state index is 0. The van der Waals surface area contributed by atoms with Gasteiger partial charge in [-0.1, -0.05) is 29.3 Å². The number of hydrogen-bond donors (Lipinski definition) is 1. The number of benzene rings is 1. The first-order valence-electron chi connectivity index (χ1n) is 6.49. The molecule has 0 radical (unpaired) electrons. The Balaban J connectivity index is 0.00000220. The van der Waals surface area contributed by atoms with Crippen LogP contribution < -0.4 is 5.32 Å². The molecule has 1 aliphatic rings. The fourth-order valence-electron chi connectivity index (χ4n) is 2.31. The number of nitrogens with one attached hydrogen (secondary N) is 1. The molecule has 0 spiro atoms. The molecule has 0 aliphatic carbocycles. The second kappa shape index (κ2) is 8.20. The number of carbonyl (C=O) groups excluding carboxylic acids is 1. The highest BCUT2D eigenvalue weighted by Crippen LogP contribution is 2.32. The molecule has 1 fully saturated rings. The Kier molecular flexibility index (Phi) is 7.24. The van der Waals surface area contributed by atoms with Gasteiger partial charge in [-0.3, -0.25) is 4.79 Å². The zero-order valence-corrected chi connectivity index (χ0v) is 14.3. The van der Waals surface area contributed by atoms with Gasteiger partial charge >= 0.3 is 0 Å². The largest absolute Gasteiger partial charge is 0.371 e. The van der Waals surface area contributed by atoms with E-state index in [-0.39, 0.29) is 30.3 Å². The molecule has 0 unspecified atom stereocenters. The highest BCUT2D eigenvalue weighted by atomic mass is 35.5. The van der Waals surface area contributed by atoms with Crippen molar-refractivity contribution < 1.29 is 9.53 Å². The van der Waals surface area contributed by atoms with Crippen molar-refractivity contribution in [2.75, 3.05) is 33.8 Å². The van der Waals surface area contributed by atoms with Crippen molar-refractivity contribution >= 4 is 41.5 Å². The van der Waals surface area contributed by atoms with Gasteiger partial charge in [0, 0.05) is 27.2 Å². The maximum absolute atomic E-state index is 12.3. The Labute approximate surface area is 141 Å². The molecular weight excluding hydrogens is 335 g/mol. The first kappa shape index (κ1) is 18.5. The number of carbonyl (C=O) groups is 1. The van der Waals surface area contributed by atoms with Gasteiger partial charge in [-0.15, -0.1) is 12.4 Å². The lowest BCUT2D eigenvalue weighted by atomic mass is 9.94. The van der Waals surface area contributed by atoms with Crippen LogP contribution in [0.25, 0.3) is 0 Å². The minimum Gasteiger partial charge on any atom is -0.371 e. The second-order valence-electron chi connectivity index (χ2n) is 5.01. The molecule has 4 nitrogen and oxygen atoms in total. The van der Waals surface area contributed by atoms with Crippen LogP contribution in [0.4, 0.5) is 0 Å². The molecule has 1 N–H and O–H groups in total. The van der Waals surface area contributed by atoms with Crippen LogP contribution in [0.3, 0.4) is 0 Å². The normalized spacial score (nSPS) is 22.1. The van der Waals surface area contributed by atoms with Crippen LogP contribution in [0.15, 0.2) is 18.2 Å². The smallest absolute Gasteiger partial charge is 0.229 e. The van der Waals surface area contributed by atoms with Gasteiger partial charge in [-0.05, 0) is 17.7 Å². The summed E-state index contributed by atoms with van der Waals surface area (Å²) in [5.41, 5.74) is 0.878.